The van der Waals surface area contributed by atoms with Gasteiger partial charge in [0.05, 0.1) is 6.61 Å². The van der Waals surface area contributed by atoms with E-state index in [4.69, 9.17) is 13.9 Å². The SMILES string of the molecule is CCOC(CC)Oc1ccc(CO[Si](c2ccccc2)(c2ccccc2)C(C)(C)C)cc1. The summed E-state index contributed by atoms with van der Waals surface area (Å²) in [6, 6.07) is 29.7. The van der Waals surface area contributed by atoms with E-state index in [1.165, 1.54) is 10.4 Å². The van der Waals surface area contributed by atoms with Gasteiger partial charge in [0.15, 0.2) is 6.29 Å². The van der Waals surface area contributed by atoms with E-state index in [0.717, 1.165) is 17.7 Å². The van der Waals surface area contributed by atoms with Crippen LogP contribution in [0.4, 0.5) is 0 Å². The van der Waals surface area contributed by atoms with E-state index in [1.807, 2.05) is 19.1 Å². The zero-order valence-electron chi connectivity index (χ0n) is 20.0. The molecule has 0 radical (unpaired) electrons. The lowest BCUT2D eigenvalue weighted by Gasteiger charge is -2.43. The molecule has 0 spiro atoms. The van der Waals surface area contributed by atoms with Crippen molar-refractivity contribution in [3.63, 3.8) is 0 Å². The fraction of sp³-hybridized carbons (Fsp3) is 0.357. The highest BCUT2D eigenvalue weighted by atomic mass is 28.4. The van der Waals surface area contributed by atoms with Crippen LogP contribution in [0.5, 0.6) is 5.75 Å². The molecule has 0 bridgehead atoms. The van der Waals surface area contributed by atoms with Crippen molar-refractivity contribution >= 4 is 18.7 Å². The van der Waals surface area contributed by atoms with Gasteiger partial charge >= 0.3 is 0 Å². The van der Waals surface area contributed by atoms with E-state index in [1.54, 1.807) is 0 Å². The van der Waals surface area contributed by atoms with Crippen LogP contribution in [0.1, 0.15) is 46.6 Å². The van der Waals surface area contributed by atoms with E-state index in [2.05, 4.69) is 100 Å². The minimum atomic E-state index is -2.54. The van der Waals surface area contributed by atoms with Crippen LogP contribution in [0.2, 0.25) is 5.04 Å². The Balaban J connectivity index is 1.88. The summed E-state index contributed by atoms with van der Waals surface area (Å²) in [6.45, 7) is 12.1. The Hall–Kier alpha value is -2.40. The Labute approximate surface area is 194 Å². The summed E-state index contributed by atoms with van der Waals surface area (Å²) >= 11 is 0. The molecule has 0 aliphatic heterocycles. The molecule has 0 amide bonds. The minimum Gasteiger partial charge on any atom is -0.465 e. The highest BCUT2D eigenvalue weighted by molar-refractivity contribution is 6.99. The van der Waals surface area contributed by atoms with E-state index >= 15 is 0 Å². The number of rotatable bonds is 10. The Morgan fingerprint density at radius 1 is 0.750 bits per heavy atom. The van der Waals surface area contributed by atoms with Gasteiger partial charge in [-0.3, -0.25) is 0 Å². The van der Waals surface area contributed by atoms with Crippen molar-refractivity contribution in [2.24, 2.45) is 0 Å². The van der Waals surface area contributed by atoms with Gasteiger partial charge in [-0.25, -0.2) is 0 Å². The molecule has 1 atom stereocenters. The molecule has 0 aliphatic carbocycles. The van der Waals surface area contributed by atoms with Crippen molar-refractivity contribution in [1.29, 1.82) is 0 Å². The summed E-state index contributed by atoms with van der Waals surface area (Å²) in [6.07, 6.45) is 0.603. The summed E-state index contributed by atoms with van der Waals surface area (Å²) in [5.41, 5.74) is 1.13. The molecule has 170 valence electrons. The third-order valence-electron chi connectivity index (χ3n) is 5.75. The number of hydrogen-bond donors (Lipinski definition) is 0. The fourth-order valence-corrected chi connectivity index (χ4v) is 8.73. The third kappa shape index (κ3) is 5.50. The quantitative estimate of drug-likeness (QED) is 0.285. The van der Waals surface area contributed by atoms with Gasteiger partial charge in [0, 0.05) is 13.0 Å². The van der Waals surface area contributed by atoms with Crippen LogP contribution in [-0.2, 0) is 15.8 Å². The number of benzene rings is 3. The normalized spacial score (nSPS) is 13.0. The van der Waals surface area contributed by atoms with Gasteiger partial charge in [0.1, 0.15) is 5.75 Å². The molecule has 3 rings (SSSR count). The van der Waals surface area contributed by atoms with Crippen LogP contribution in [-0.4, -0.2) is 21.2 Å². The van der Waals surface area contributed by atoms with Gasteiger partial charge in [-0.1, -0.05) is 100 Å². The first kappa shape index (κ1) is 24.2. The van der Waals surface area contributed by atoms with Crippen LogP contribution in [0.15, 0.2) is 84.9 Å². The summed E-state index contributed by atoms with van der Waals surface area (Å²) in [4.78, 5) is 0. The van der Waals surface area contributed by atoms with E-state index < -0.39 is 8.32 Å². The van der Waals surface area contributed by atoms with Crippen LogP contribution < -0.4 is 15.1 Å². The Morgan fingerprint density at radius 3 is 1.72 bits per heavy atom. The second kappa shape index (κ2) is 11.0. The lowest BCUT2D eigenvalue weighted by molar-refractivity contribution is -0.0766. The average molecular weight is 449 g/mol. The standard InChI is InChI=1S/C28H36O3Si/c1-6-27(29-7-2)31-24-20-18-23(19-21-24)22-30-32(28(3,4)5,25-14-10-8-11-15-25)26-16-12-9-13-17-26/h8-21,27H,6-7,22H2,1-5H3. The predicted octanol–water partition coefficient (Wildman–Crippen LogP) is 5.91. The van der Waals surface area contributed by atoms with Gasteiger partial charge < -0.3 is 13.9 Å². The predicted molar refractivity (Wildman–Crippen MR) is 135 cm³/mol. The molecule has 0 saturated heterocycles. The molecular formula is C28H36O3Si. The van der Waals surface area contributed by atoms with Crippen LogP contribution in [0.25, 0.3) is 0 Å². The van der Waals surface area contributed by atoms with Gasteiger partial charge in [-0.15, -0.1) is 0 Å². The molecule has 1 unspecified atom stereocenters. The Morgan fingerprint density at radius 2 is 1.28 bits per heavy atom. The van der Waals surface area contributed by atoms with Crippen LogP contribution in [0, 0.1) is 0 Å². The van der Waals surface area contributed by atoms with Crippen LogP contribution in [0.3, 0.4) is 0 Å². The Bertz CT molecular complexity index is 894. The molecule has 3 aromatic rings. The lowest BCUT2D eigenvalue weighted by atomic mass is 10.2. The maximum atomic E-state index is 7.01. The first-order chi connectivity index (χ1) is 15.4. The Kier molecular flexibility index (Phi) is 8.30. The molecule has 0 saturated carbocycles. The third-order valence-corrected chi connectivity index (χ3v) is 10.7. The molecule has 0 heterocycles. The maximum absolute atomic E-state index is 7.01. The van der Waals surface area contributed by atoms with Crippen molar-refractivity contribution in [3.05, 3.63) is 90.5 Å². The van der Waals surface area contributed by atoms with Crippen molar-refractivity contribution in [2.45, 2.75) is 59.0 Å². The minimum absolute atomic E-state index is 0.0371. The molecule has 0 fully saturated rings. The molecule has 3 aromatic carbocycles. The molecule has 0 aromatic heterocycles. The zero-order valence-corrected chi connectivity index (χ0v) is 21.0. The second-order valence-corrected chi connectivity index (χ2v) is 13.3. The number of ether oxygens (including phenoxy) is 2. The van der Waals surface area contributed by atoms with E-state index in [9.17, 15) is 0 Å². The van der Waals surface area contributed by atoms with Gasteiger partial charge in [0.25, 0.3) is 8.32 Å². The van der Waals surface area contributed by atoms with Crippen molar-refractivity contribution in [2.75, 3.05) is 6.61 Å². The average Bonchev–Trinajstić information content (AvgIpc) is 2.80. The van der Waals surface area contributed by atoms with E-state index in [-0.39, 0.29) is 11.3 Å². The summed E-state index contributed by atoms with van der Waals surface area (Å²) < 4.78 is 18.6. The molecule has 0 aliphatic rings. The monoisotopic (exact) mass is 448 g/mol. The summed E-state index contributed by atoms with van der Waals surface area (Å²) in [5, 5.41) is 2.55. The summed E-state index contributed by atoms with van der Waals surface area (Å²) in [5.74, 6) is 0.819. The molecule has 3 nitrogen and oxygen atoms in total. The lowest BCUT2D eigenvalue weighted by Crippen LogP contribution is -2.66. The van der Waals surface area contributed by atoms with Crippen molar-refractivity contribution < 1.29 is 13.9 Å². The maximum Gasteiger partial charge on any atom is 0.261 e. The van der Waals surface area contributed by atoms with Gasteiger partial charge in [-0.05, 0) is 40.0 Å². The first-order valence-corrected chi connectivity index (χ1v) is 13.4. The van der Waals surface area contributed by atoms with Crippen molar-refractivity contribution in [1.82, 2.24) is 0 Å². The topological polar surface area (TPSA) is 27.7 Å². The molecule has 0 N–H and O–H groups in total. The van der Waals surface area contributed by atoms with Gasteiger partial charge in [-0.2, -0.15) is 0 Å². The largest absolute Gasteiger partial charge is 0.465 e. The van der Waals surface area contributed by atoms with Crippen LogP contribution >= 0.6 is 0 Å². The van der Waals surface area contributed by atoms with E-state index in [0.29, 0.717) is 13.2 Å². The highest BCUT2D eigenvalue weighted by Crippen LogP contribution is 2.37. The summed E-state index contributed by atoms with van der Waals surface area (Å²) in [7, 11) is -2.54. The zero-order chi connectivity index (χ0) is 23.0. The van der Waals surface area contributed by atoms with Crippen molar-refractivity contribution in [3.8, 4) is 5.75 Å². The van der Waals surface area contributed by atoms with Gasteiger partial charge in [0.2, 0.25) is 0 Å². The molecular weight excluding hydrogens is 412 g/mol. The molecule has 4 heteroatoms. The molecule has 32 heavy (non-hydrogen) atoms. The first-order valence-electron chi connectivity index (χ1n) is 11.5. The highest BCUT2D eigenvalue weighted by Gasteiger charge is 2.50. The number of hydrogen-bond acceptors (Lipinski definition) is 3. The smallest absolute Gasteiger partial charge is 0.261 e. The second-order valence-electron chi connectivity index (χ2n) is 9.01. The fourth-order valence-electron chi connectivity index (χ4n) is 4.19.